The fraction of sp³-hybridized carbons (Fsp3) is 0.235. The van der Waals surface area contributed by atoms with Gasteiger partial charge in [-0.25, -0.2) is 4.39 Å². The van der Waals surface area contributed by atoms with E-state index < -0.39 is 0 Å². The van der Waals surface area contributed by atoms with Crippen LogP contribution in [0.5, 0.6) is 0 Å². The van der Waals surface area contributed by atoms with Crippen LogP contribution in [0.2, 0.25) is 0 Å². The molecule has 0 amide bonds. The molecule has 0 aromatic heterocycles. The summed E-state index contributed by atoms with van der Waals surface area (Å²) in [6, 6.07) is 14.5. The van der Waals surface area contributed by atoms with Gasteiger partial charge in [-0.2, -0.15) is 0 Å². The first-order chi connectivity index (χ1) is 9.15. The predicted molar refractivity (Wildman–Crippen MR) is 74.6 cm³/mol. The van der Waals surface area contributed by atoms with Gasteiger partial charge in [0.1, 0.15) is 11.6 Å². The van der Waals surface area contributed by atoms with E-state index in [1.807, 2.05) is 37.3 Å². The van der Waals surface area contributed by atoms with E-state index in [4.69, 9.17) is 0 Å². The maximum absolute atomic E-state index is 13.1. The third kappa shape index (κ3) is 4.02. The number of halogens is 1. The molecule has 0 bridgehead atoms. The highest BCUT2D eigenvalue weighted by molar-refractivity contribution is 5.81. The molecule has 0 aliphatic heterocycles. The normalized spacial score (nSPS) is 10.4. The number of benzene rings is 2. The van der Waals surface area contributed by atoms with Gasteiger partial charge in [-0.3, -0.25) is 4.79 Å². The quantitative estimate of drug-likeness (QED) is 0.793. The van der Waals surface area contributed by atoms with Crippen molar-refractivity contribution in [1.82, 2.24) is 0 Å². The van der Waals surface area contributed by atoms with E-state index in [0.29, 0.717) is 12.8 Å². The molecule has 2 heteroatoms. The number of ketones is 1. The van der Waals surface area contributed by atoms with Crippen LogP contribution in [-0.2, 0) is 17.6 Å². The molecule has 0 saturated heterocycles. The molecule has 0 atom stereocenters. The minimum atomic E-state index is -0.281. The Balaban J connectivity index is 1.93. The lowest BCUT2D eigenvalue weighted by Gasteiger charge is -2.05. The van der Waals surface area contributed by atoms with Crippen molar-refractivity contribution in [3.63, 3.8) is 0 Å². The predicted octanol–water partition coefficient (Wildman–Crippen LogP) is 3.88. The van der Waals surface area contributed by atoms with E-state index in [1.165, 1.54) is 12.1 Å². The molecule has 98 valence electrons. The topological polar surface area (TPSA) is 17.1 Å². The number of carbonyl (C=O) groups excluding carboxylic acids is 1. The summed E-state index contributed by atoms with van der Waals surface area (Å²) in [5.74, 6) is -0.131. The molecule has 2 aromatic carbocycles. The molecular weight excluding hydrogens is 239 g/mol. The van der Waals surface area contributed by atoms with Crippen LogP contribution in [0.1, 0.15) is 23.1 Å². The van der Waals surface area contributed by atoms with Gasteiger partial charge in [-0.15, -0.1) is 0 Å². The summed E-state index contributed by atoms with van der Waals surface area (Å²) < 4.78 is 13.1. The molecule has 0 saturated carbocycles. The number of Topliss-reactive ketones (excluding diaryl/α,β-unsaturated/α-hetero) is 1. The van der Waals surface area contributed by atoms with Crippen molar-refractivity contribution < 1.29 is 9.18 Å². The zero-order valence-corrected chi connectivity index (χ0v) is 11.0. The third-order valence-corrected chi connectivity index (χ3v) is 3.23. The lowest BCUT2D eigenvalue weighted by Crippen LogP contribution is -2.06. The van der Waals surface area contributed by atoms with E-state index in [-0.39, 0.29) is 11.6 Å². The lowest BCUT2D eigenvalue weighted by atomic mass is 9.99. The van der Waals surface area contributed by atoms with Crippen LogP contribution in [-0.4, -0.2) is 5.78 Å². The Bertz CT molecular complexity index is 561. The van der Waals surface area contributed by atoms with Gasteiger partial charge in [0.25, 0.3) is 0 Å². The second-order valence-electron chi connectivity index (χ2n) is 4.77. The Kier molecular flexibility index (Phi) is 4.45. The molecule has 0 fully saturated rings. The monoisotopic (exact) mass is 256 g/mol. The summed E-state index contributed by atoms with van der Waals surface area (Å²) in [6.45, 7) is 1.90. The molecule has 19 heavy (non-hydrogen) atoms. The molecule has 2 aromatic rings. The zero-order valence-electron chi connectivity index (χ0n) is 11.0. The molecule has 0 heterocycles. The number of hydrogen-bond donors (Lipinski definition) is 0. The SMILES string of the molecule is Cc1ccc(F)cc1CC(=O)CCc1ccccc1. The van der Waals surface area contributed by atoms with Crippen LogP contribution in [0.3, 0.4) is 0 Å². The van der Waals surface area contributed by atoms with Crippen LogP contribution >= 0.6 is 0 Å². The van der Waals surface area contributed by atoms with Crippen LogP contribution in [0.15, 0.2) is 48.5 Å². The van der Waals surface area contributed by atoms with Gasteiger partial charge in [-0.05, 0) is 42.2 Å². The van der Waals surface area contributed by atoms with Crippen molar-refractivity contribution in [3.05, 3.63) is 71.0 Å². The van der Waals surface area contributed by atoms with Crippen LogP contribution < -0.4 is 0 Å². The molecule has 0 unspecified atom stereocenters. The average molecular weight is 256 g/mol. The molecule has 0 radical (unpaired) electrons. The summed E-state index contributed by atoms with van der Waals surface area (Å²) in [7, 11) is 0. The summed E-state index contributed by atoms with van der Waals surface area (Å²) >= 11 is 0. The van der Waals surface area contributed by atoms with Crippen LogP contribution in [0, 0.1) is 12.7 Å². The highest BCUT2D eigenvalue weighted by Crippen LogP contribution is 2.13. The fourth-order valence-electron chi connectivity index (χ4n) is 2.06. The molecule has 0 aliphatic rings. The van der Waals surface area contributed by atoms with Crippen molar-refractivity contribution in [2.75, 3.05) is 0 Å². The first kappa shape index (κ1) is 13.5. The van der Waals surface area contributed by atoms with E-state index in [1.54, 1.807) is 6.07 Å². The largest absolute Gasteiger partial charge is 0.299 e. The Morgan fingerprint density at radius 3 is 2.58 bits per heavy atom. The van der Waals surface area contributed by atoms with Gasteiger partial charge in [0.05, 0.1) is 0 Å². The van der Waals surface area contributed by atoms with Gasteiger partial charge in [0.15, 0.2) is 0 Å². The highest BCUT2D eigenvalue weighted by Gasteiger charge is 2.07. The summed E-state index contributed by atoms with van der Waals surface area (Å²) in [4.78, 5) is 11.9. The summed E-state index contributed by atoms with van der Waals surface area (Å²) in [6.07, 6.45) is 1.56. The Morgan fingerprint density at radius 2 is 1.84 bits per heavy atom. The molecule has 0 N–H and O–H groups in total. The molecule has 0 spiro atoms. The number of aryl methyl sites for hydroxylation is 2. The highest BCUT2D eigenvalue weighted by atomic mass is 19.1. The number of carbonyl (C=O) groups is 1. The third-order valence-electron chi connectivity index (χ3n) is 3.23. The average Bonchev–Trinajstić information content (AvgIpc) is 2.42. The van der Waals surface area contributed by atoms with Crippen LogP contribution in [0.4, 0.5) is 4.39 Å². The van der Waals surface area contributed by atoms with Gasteiger partial charge in [0.2, 0.25) is 0 Å². The molecule has 1 nitrogen and oxygen atoms in total. The summed E-state index contributed by atoms with van der Waals surface area (Å²) in [5, 5.41) is 0. The van der Waals surface area contributed by atoms with Crippen molar-refractivity contribution in [2.45, 2.75) is 26.2 Å². The van der Waals surface area contributed by atoms with Crippen molar-refractivity contribution in [1.29, 1.82) is 0 Å². The number of rotatable bonds is 5. The second-order valence-corrected chi connectivity index (χ2v) is 4.77. The van der Waals surface area contributed by atoms with Crippen molar-refractivity contribution in [3.8, 4) is 0 Å². The minimum Gasteiger partial charge on any atom is -0.299 e. The minimum absolute atomic E-state index is 0.151. The van der Waals surface area contributed by atoms with E-state index in [2.05, 4.69) is 0 Å². The van der Waals surface area contributed by atoms with Gasteiger partial charge in [-0.1, -0.05) is 36.4 Å². The molecular formula is C17H17FO. The standard InChI is InChI=1S/C17H17FO/c1-13-7-9-16(18)11-15(13)12-17(19)10-8-14-5-3-2-4-6-14/h2-7,9,11H,8,10,12H2,1H3. The van der Waals surface area contributed by atoms with Gasteiger partial charge < -0.3 is 0 Å². The maximum atomic E-state index is 13.1. The lowest BCUT2D eigenvalue weighted by molar-refractivity contribution is -0.118. The van der Waals surface area contributed by atoms with E-state index in [0.717, 1.165) is 23.1 Å². The first-order valence-corrected chi connectivity index (χ1v) is 6.46. The molecule has 2 rings (SSSR count). The van der Waals surface area contributed by atoms with E-state index in [9.17, 15) is 9.18 Å². The Labute approximate surface area is 113 Å². The van der Waals surface area contributed by atoms with Crippen LogP contribution in [0.25, 0.3) is 0 Å². The van der Waals surface area contributed by atoms with Crippen molar-refractivity contribution >= 4 is 5.78 Å². The fourth-order valence-corrected chi connectivity index (χ4v) is 2.06. The smallest absolute Gasteiger partial charge is 0.137 e. The maximum Gasteiger partial charge on any atom is 0.137 e. The summed E-state index contributed by atoms with van der Waals surface area (Å²) in [5.41, 5.74) is 2.92. The second kappa shape index (κ2) is 6.28. The van der Waals surface area contributed by atoms with E-state index >= 15 is 0 Å². The Morgan fingerprint density at radius 1 is 1.11 bits per heavy atom. The first-order valence-electron chi connectivity index (χ1n) is 6.46. The molecule has 0 aliphatic carbocycles. The number of hydrogen-bond acceptors (Lipinski definition) is 1. The van der Waals surface area contributed by atoms with Gasteiger partial charge >= 0.3 is 0 Å². The van der Waals surface area contributed by atoms with Gasteiger partial charge in [0, 0.05) is 12.8 Å². The Hall–Kier alpha value is -1.96. The van der Waals surface area contributed by atoms with Crippen molar-refractivity contribution in [2.24, 2.45) is 0 Å². The zero-order chi connectivity index (χ0) is 13.7.